The van der Waals surface area contributed by atoms with Crippen LogP contribution in [0.25, 0.3) is 11.0 Å². The van der Waals surface area contributed by atoms with Gasteiger partial charge in [-0.25, -0.2) is 23.4 Å². The predicted molar refractivity (Wildman–Crippen MR) is 109 cm³/mol. The zero-order chi connectivity index (χ0) is 19.7. The molecule has 28 heavy (non-hydrogen) atoms. The summed E-state index contributed by atoms with van der Waals surface area (Å²) in [6.07, 6.45) is 6.62. The van der Waals surface area contributed by atoms with Gasteiger partial charge in [-0.3, -0.25) is 0 Å². The van der Waals surface area contributed by atoms with Crippen LogP contribution in [0.2, 0.25) is 0 Å². The Hall–Kier alpha value is -2.75. The molecule has 0 bridgehead atoms. The number of fused-ring (bicyclic) bond motifs is 1. The zero-order valence-electron chi connectivity index (χ0n) is 15.8. The lowest BCUT2D eigenvalue weighted by Gasteiger charge is -2.23. The van der Waals surface area contributed by atoms with Crippen molar-refractivity contribution in [2.45, 2.75) is 38.8 Å². The van der Waals surface area contributed by atoms with E-state index in [4.69, 9.17) is 0 Å². The van der Waals surface area contributed by atoms with Crippen molar-refractivity contribution in [3.63, 3.8) is 0 Å². The van der Waals surface area contributed by atoms with Crippen molar-refractivity contribution in [3.8, 4) is 0 Å². The molecule has 0 radical (unpaired) electrons. The number of anilines is 3. The summed E-state index contributed by atoms with van der Waals surface area (Å²) in [6.45, 7) is 4.20. The highest BCUT2D eigenvalue weighted by atomic mass is 32.2. The quantitative estimate of drug-likeness (QED) is 0.670. The maximum Gasteiger partial charge on any atom is 0.224 e. The van der Waals surface area contributed by atoms with Crippen LogP contribution in [-0.4, -0.2) is 50.5 Å². The van der Waals surface area contributed by atoms with Crippen molar-refractivity contribution in [1.82, 2.24) is 24.5 Å². The van der Waals surface area contributed by atoms with Gasteiger partial charge in [0.05, 0.1) is 29.5 Å². The average Bonchev–Trinajstić information content (AvgIpc) is 3.04. The zero-order valence-corrected chi connectivity index (χ0v) is 16.6. The Morgan fingerprint density at radius 1 is 1.21 bits per heavy atom. The van der Waals surface area contributed by atoms with Crippen molar-refractivity contribution < 1.29 is 8.42 Å². The average molecular weight is 401 g/mol. The van der Waals surface area contributed by atoms with E-state index in [1.54, 1.807) is 18.5 Å². The number of imidazole rings is 1. The van der Waals surface area contributed by atoms with Crippen LogP contribution in [0.15, 0.2) is 30.9 Å². The molecular weight excluding hydrogens is 378 g/mol. The molecule has 0 saturated carbocycles. The molecule has 1 fully saturated rings. The third-order valence-electron chi connectivity index (χ3n) is 4.73. The number of aromatic nitrogens is 5. The van der Waals surface area contributed by atoms with Crippen LogP contribution in [0, 0.1) is 0 Å². The second kappa shape index (κ2) is 7.34. The summed E-state index contributed by atoms with van der Waals surface area (Å²) in [5.74, 6) is 2.01. The summed E-state index contributed by atoms with van der Waals surface area (Å²) in [6, 6.07) is 3.81. The Morgan fingerprint density at radius 2 is 2.07 bits per heavy atom. The van der Waals surface area contributed by atoms with Gasteiger partial charge in [0.15, 0.2) is 9.84 Å². The van der Waals surface area contributed by atoms with Gasteiger partial charge in [0.1, 0.15) is 17.2 Å². The third-order valence-corrected chi connectivity index (χ3v) is 6.55. The molecule has 1 saturated heterocycles. The summed E-state index contributed by atoms with van der Waals surface area (Å²) in [7, 11) is -2.99. The molecule has 0 amide bonds. The fraction of sp³-hybridized carbons (Fsp3) is 0.444. The van der Waals surface area contributed by atoms with Crippen LogP contribution < -0.4 is 10.6 Å². The molecule has 3 aromatic rings. The summed E-state index contributed by atoms with van der Waals surface area (Å²) in [5, 5.41) is 6.32. The monoisotopic (exact) mass is 401 g/mol. The van der Waals surface area contributed by atoms with E-state index in [2.05, 4.69) is 49.0 Å². The highest BCUT2D eigenvalue weighted by Crippen LogP contribution is 2.22. The SMILES string of the molecule is CC(C)n1cnc2cnc(Nc3ccnc(NC4CCCS(=O)(=O)C4)n3)cc21. The molecule has 3 aromatic heterocycles. The minimum Gasteiger partial charge on any atom is -0.350 e. The molecule has 4 rings (SSSR count). The van der Waals surface area contributed by atoms with Gasteiger partial charge in [-0.15, -0.1) is 0 Å². The highest BCUT2D eigenvalue weighted by Gasteiger charge is 2.25. The molecule has 1 aliphatic rings. The number of sulfone groups is 1. The fourth-order valence-electron chi connectivity index (χ4n) is 3.36. The number of hydrogen-bond donors (Lipinski definition) is 2. The van der Waals surface area contributed by atoms with E-state index in [1.165, 1.54) is 0 Å². The first-order valence-electron chi connectivity index (χ1n) is 9.29. The van der Waals surface area contributed by atoms with Crippen molar-refractivity contribution in [2.24, 2.45) is 0 Å². The molecule has 1 aliphatic heterocycles. The fourth-order valence-corrected chi connectivity index (χ4v) is 4.99. The Kier molecular flexibility index (Phi) is 4.88. The van der Waals surface area contributed by atoms with Gasteiger partial charge in [0.25, 0.3) is 0 Å². The molecule has 1 atom stereocenters. The topological polar surface area (TPSA) is 115 Å². The Bertz CT molecular complexity index is 1090. The first kappa shape index (κ1) is 18.6. The minimum atomic E-state index is -2.99. The minimum absolute atomic E-state index is 0.116. The molecule has 4 heterocycles. The van der Waals surface area contributed by atoms with E-state index in [9.17, 15) is 8.42 Å². The lowest BCUT2D eigenvalue weighted by atomic mass is 10.2. The Morgan fingerprint density at radius 3 is 2.86 bits per heavy atom. The van der Waals surface area contributed by atoms with Gasteiger partial charge >= 0.3 is 0 Å². The molecule has 0 aliphatic carbocycles. The van der Waals surface area contributed by atoms with Gasteiger partial charge in [0.2, 0.25) is 5.95 Å². The van der Waals surface area contributed by atoms with Crippen molar-refractivity contribution in [1.29, 1.82) is 0 Å². The lowest BCUT2D eigenvalue weighted by Crippen LogP contribution is -2.35. The Labute approximate surface area is 163 Å². The first-order chi connectivity index (χ1) is 13.4. The smallest absolute Gasteiger partial charge is 0.224 e. The van der Waals surface area contributed by atoms with Crippen LogP contribution in [0.4, 0.5) is 17.6 Å². The summed E-state index contributed by atoms with van der Waals surface area (Å²) >= 11 is 0. The normalized spacial score (nSPS) is 19.0. The van der Waals surface area contributed by atoms with Gasteiger partial charge in [-0.05, 0) is 32.8 Å². The highest BCUT2D eigenvalue weighted by molar-refractivity contribution is 7.91. The second-order valence-electron chi connectivity index (χ2n) is 7.29. The maximum absolute atomic E-state index is 11.8. The second-order valence-corrected chi connectivity index (χ2v) is 9.52. The lowest BCUT2D eigenvalue weighted by molar-refractivity contribution is 0.561. The van der Waals surface area contributed by atoms with Crippen LogP contribution in [-0.2, 0) is 9.84 Å². The number of nitrogens with one attached hydrogen (secondary N) is 2. The molecule has 148 valence electrons. The van der Waals surface area contributed by atoms with Crippen molar-refractivity contribution in [3.05, 3.63) is 30.9 Å². The first-order valence-corrected chi connectivity index (χ1v) is 11.1. The van der Waals surface area contributed by atoms with Crippen LogP contribution in [0.1, 0.15) is 32.7 Å². The van der Waals surface area contributed by atoms with Gasteiger partial charge in [-0.2, -0.15) is 4.98 Å². The van der Waals surface area contributed by atoms with E-state index in [0.717, 1.165) is 17.5 Å². The van der Waals surface area contributed by atoms with E-state index >= 15 is 0 Å². The summed E-state index contributed by atoms with van der Waals surface area (Å²) in [5.41, 5.74) is 1.83. The standard InChI is InChI=1S/C18H23N7O2S/c1-12(2)25-11-21-14-9-20-17(8-15(14)25)23-16-5-6-19-18(24-16)22-13-4-3-7-28(26,27)10-13/h5-6,8-9,11-13H,3-4,7,10H2,1-2H3,(H2,19,20,22,23,24). The van der Waals surface area contributed by atoms with Gasteiger partial charge in [0, 0.05) is 24.3 Å². The van der Waals surface area contributed by atoms with Crippen LogP contribution in [0.5, 0.6) is 0 Å². The number of nitrogens with zero attached hydrogens (tertiary/aromatic N) is 5. The van der Waals surface area contributed by atoms with Gasteiger partial charge < -0.3 is 15.2 Å². The number of rotatable bonds is 5. The van der Waals surface area contributed by atoms with Crippen molar-refractivity contribution >= 4 is 38.5 Å². The molecule has 10 heteroatoms. The molecule has 0 spiro atoms. The van der Waals surface area contributed by atoms with E-state index in [0.29, 0.717) is 30.0 Å². The number of hydrogen-bond acceptors (Lipinski definition) is 8. The van der Waals surface area contributed by atoms with E-state index in [1.807, 2.05) is 12.4 Å². The largest absolute Gasteiger partial charge is 0.350 e. The third kappa shape index (κ3) is 4.06. The Balaban J connectivity index is 1.52. The summed E-state index contributed by atoms with van der Waals surface area (Å²) in [4.78, 5) is 17.4. The molecule has 9 nitrogen and oxygen atoms in total. The van der Waals surface area contributed by atoms with Crippen LogP contribution in [0.3, 0.4) is 0 Å². The molecule has 0 aromatic carbocycles. The van der Waals surface area contributed by atoms with E-state index < -0.39 is 9.84 Å². The molecule has 1 unspecified atom stereocenters. The number of pyridine rings is 1. The van der Waals surface area contributed by atoms with Crippen LogP contribution >= 0.6 is 0 Å². The summed E-state index contributed by atoms with van der Waals surface area (Å²) < 4.78 is 25.7. The predicted octanol–water partition coefficient (Wildman–Crippen LogP) is 2.53. The maximum atomic E-state index is 11.8. The molecular formula is C18H23N7O2S. The van der Waals surface area contributed by atoms with Crippen molar-refractivity contribution in [2.75, 3.05) is 22.1 Å². The van der Waals surface area contributed by atoms with Gasteiger partial charge in [-0.1, -0.05) is 0 Å². The molecule has 2 N–H and O–H groups in total. The van der Waals surface area contributed by atoms with E-state index in [-0.39, 0.29) is 17.5 Å².